The molecule has 1 rings (SSSR count). The SMILES string of the molecule is CCC(Cc1ccc(C)cc1)NCC(C)(C)CCO. The number of benzene rings is 1. The second kappa shape index (κ2) is 7.66. The molecule has 0 aliphatic heterocycles. The van der Waals surface area contributed by atoms with Crippen molar-refractivity contribution in [2.45, 2.75) is 53.0 Å². The number of aliphatic hydroxyl groups excluding tert-OH is 1. The van der Waals surface area contributed by atoms with Crippen molar-refractivity contribution in [3.05, 3.63) is 35.4 Å². The zero-order valence-electron chi connectivity index (χ0n) is 12.9. The van der Waals surface area contributed by atoms with Gasteiger partial charge in [-0.2, -0.15) is 0 Å². The molecule has 2 N–H and O–H groups in total. The van der Waals surface area contributed by atoms with Crippen molar-refractivity contribution in [3.63, 3.8) is 0 Å². The first kappa shape index (κ1) is 16.2. The predicted molar refractivity (Wildman–Crippen MR) is 82.4 cm³/mol. The first-order valence-electron chi connectivity index (χ1n) is 7.36. The van der Waals surface area contributed by atoms with Gasteiger partial charge < -0.3 is 10.4 Å². The summed E-state index contributed by atoms with van der Waals surface area (Å²) in [5.74, 6) is 0. The highest BCUT2D eigenvalue weighted by Crippen LogP contribution is 2.19. The molecule has 2 nitrogen and oxygen atoms in total. The van der Waals surface area contributed by atoms with Gasteiger partial charge in [0, 0.05) is 19.2 Å². The zero-order chi connectivity index (χ0) is 14.3. The van der Waals surface area contributed by atoms with E-state index >= 15 is 0 Å². The molecule has 2 heteroatoms. The normalized spacial score (nSPS) is 13.5. The molecule has 0 radical (unpaired) electrons. The summed E-state index contributed by atoms with van der Waals surface area (Å²) in [5.41, 5.74) is 2.87. The van der Waals surface area contributed by atoms with Crippen molar-refractivity contribution in [2.24, 2.45) is 5.41 Å². The maximum Gasteiger partial charge on any atom is 0.0436 e. The van der Waals surface area contributed by atoms with Gasteiger partial charge in [-0.25, -0.2) is 0 Å². The smallest absolute Gasteiger partial charge is 0.0436 e. The lowest BCUT2D eigenvalue weighted by atomic mass is 9.89. The molecule has 0 saturated heterocycles. The van der Waals surface area contributed by atoms with Crippen LogP contribution in [0.25, 0.3) is 0 Å². The van der Waals surface area contributed by atoms with Gasteiger partial charge in [-0.3, -0.25) is 0 Å². The molecule has 1 unspecified atom stereocenters. The van der Waals surface area contributed by atoms with Crippen LogP contribution in [-0.2, 0) is 6.42 Å². The first-order valence-corrected chi connectivity index (χ1v) is 7.36. The van der Waals surface area contributed by atoms with E-state index in [4.69, 9.17) is 5.11 Å². The minimum Gasteiger partial charge on any atom is -0.396 e. The van der Waals surface area contributed by atoms with Crippen LogP contribution in [0, 0.1) is 12.3 Å². The third kappa shape index (κ3) is 6.22. The Morgan fingerprint density at radius 3 is 2.37 bits per heavy atom. The van der Waals surface area contributed by atoms with Gasteiger partial charge >= 0.3 is 0 Å². The van der Waals surface area contributed by atoms with Crippen LogP contribution in [0.15, 0.2) is 24.3 Å². The van der Waals surface area contributed by atoms with Crippen LogP contribution < -0.4 is 5.32 Å². The van der Waals surface area contributed by atoms with Crippen molar-refractivity contribution in [3.8, 4) is 0 Å². The third-order valence-electron chi connectivity index (χ3n) is 3.75. The molecule has 19 heavy (non-hydrogen) atoms. The number of nitrogens with one attached hydrogen (secondary N) is 1. The average Bonchev–Trinajstić information content (AvgIpc) is 2.36. The Kier molecular flexibility index (Phi) is 6.53. The van der Waals surface area contributed by atoms with E-state index in [2.05, 4.69) is 57.3 Å². The Bertz CT molecular complexity index is 356. The summed E-state index contributed by atoms with van der Waals surface area (Å²) in [6.07, 6.45) is 3.05. The summed E-state index contributed by atoms with van der Waals surface area (Å²) in [5, 5.41) is 12.7. The van der Waals surface area contributed by atoms with E-state index in [0.717, 1.165) is 25.8 Å². The quantitative estimate of drug-likeness (QED) is 0.754. The topological polar surface area (TPSA) is 32.3 Å². The molecule has 0 heterocycles. The van der Waals surface area contributed by atoms with Gasteiger partial charge in [0.1, 0.15) is 0 Å². The highest BCUT2D eigenvalue weighted by molar-refractivity contribution is 5.22. The average molecular weight is 263 g/mol. The van der Waals surface area contributed by atoms with Crippen LogP contribution in [-0.4, -0.2) is 24.3 Å². The molecule has 1 atom stereocenters. The Morgan fingerprint density at radius 2 is 1.84 bits per heavy atom. The lowest BCUT2D eigenvalue weighted by Crippen LogP contribution is -2.38. The summed E-state index contributed by atoms with van der Waals surface area (Å²) in [6, 6.07) is 9.31. The largest absolute Gasteiger partial charge is 0.396 e. The second-order valence-electron chi connectivity index (χ2n) is 6.31. The fourth-order valence-corrected chi connectivity index (χ4v) is 2.18. The number of hydrogen-bond donors (Lipinski definition) is 2. The van der Waals surface area contributed by atoms with E-state index in [9.17, 15) is 0 Å². The van der Waals surface area contributed by atoms with Gasteiger partial charge in [0.2, 0.25) is 0 Å². The summed E-state index contributed by atoms with van der Waals surface area (Å²) in [4.78, 5) is 0. The summed E-state index contributed by atoms with van der Waals surface area (Å²) in [6.45, 7) is 9.98. The van der Waals surface area contributed by atoms with Crippen molar-refractivity contribution < 1.29 is 5.11 Å². The molecule has 0 aromatic heterocycles. The maximum absolute atomic E-state index is 9.06. The Balaban J connectivity index is 2.47. The number of aliphatic hydroxyl groups is 1. The van der Waals surface area contributed by atoms with Crippen molar-refractivity contribution in [1.82, 2.24) is 5.32 Å². The van der Waals surface area contributed by atoms with E-state index in [1.54, 1.807) is 0 Å². The first-order chi connectivity index (χ1) is 8.96. The molecule has 1 aromatic rings. The van der Waals surface area contributed by atoms with E-state index in [1.165, 1.54) is 11.1 Å². The van der Waals surface area contributed by atoms with Gasteiger partial charge in [0.05, 0.1) is 0 Å². The van der Waals surface area contributed by atoms with Gasteiger partial charge in [-0.05, 0) is 37.2 Å². The van der Waals surface area contributed by atoms with Crippen LogP contribution in [0.4, 0.5) is 0 Å². The lowest BCUT2D eigenvalue weighted by molar-refractivity contribution is 0.202. The monoisotopic (exact) mass is 263 g/mol. The Morgan fingerprint density at radius 1 is 1.21 bits per heavy atom. The minimum absolute atomic E-state index is 0.162. The molecule has 0 bridgehead atoms. The third-order valence-corrected chi connectivity index (χ3v) is 3.75. The predicted octanol–water partition coefficient (Wildman–Crippen LogP) is 3.31. The number of aryl methyl sites for hydroxylation is 1. The fourth-order valence-electron chi connectivity index (χ4n) is 2.18. The van der Waals surface area contributed by atoms with Crippen LogP contribution >= 0.6 is 0 Å². The van der Waals surface area contributed by atoms with Crippen LogP contribution in [0.1, 0.15) is 44.7 Å². The second-order valence-corrected chi connectivity index (χ2v) is 6.31. The van der Waals surface area contributed by atoms with Crippen LogP contribution in [0.3, 0.4) is 0 Å². The molecule has 108 valence electrons. The molecule has 0 aliphatic carbocycles. The van der Waals surface area contributed by atoms with Gasteiger partial charge in [0.25, 0.3) is 0 Å². The molecule has 0 aliphatic rings. The van der Waals surface area contributed by atoms with Gasteiger partial charge in [-0.1, -0.05) is 50.6 Å². The Labute approximate surface area is 118 Å². The molecular formula is C17H29NO. The van der Waals surface area contributed by atoms with E-state index in [0.29, 0.717) is 6.04 Å². The maximum atomic E-state index is 9.06. The summed E-state index contributed by atoms with van der Waals surface area (Å²) in [7, 11) is 0. The molecule has 0 saturated carbocycles. The van der Waals surface area contributed by atoms with Crippen molar-refractivity contribution >= 4 is 0 Å². The number of hydrogen-bond acceptors (Lipinski definition) is 2. The van der Waals surface area contributed by atoms with E-state index in [1.807, 2.05) is 0 Å². The highest BCUT2D eigenvalue weighted by Gasteiger charge is 2.18. The van der Waals surface area contributed by atoms with Gasteiger partial charge in [0.15, 0.2) is 0 Å². The van der Waals surface area contributed by atoms with Crippen LogP contribution in [0.2, 0.25) is 0 Å². The zero-order valence-corrected chi connectivity index (χ0v) is 12.9. The summed E-state index contributed by atoms with van der Waals surface area (Å²) < 4.78 is 0. The van der Waals surface area contributed by atoms with Crippen LogP contribution in [0.5, 0.6) is 0 Å². The van der Waals surface area contributed by atoms with Gasteiger partial charge in [-0.15, -0.1) is 0 Å². The standard InChI is InChI=1S/C17H29NO/c1-5-16(18-13-17(3,4)10-11-19)12-15-8-6-14(2)7-9-15/h6-9,16,18-19H,5,10-13H2,1-4H3. The number of rotatable bonds is 8. The van der Waals surface area contributed by atoms with E-state index < -0.39 is 0 Å². The lowest BCUT2D eigenvalue weighted by Gasteiger charge is -2.27. The Hall–Kier alpha value is -0.860. The minimum atomic E-state index is 0.162. The highest BCUT2D eigenvalue weighted by atomic mass is 16.3. The van der Waals surface area contributed by atoms with Crippen molar-refractivity contribution in [1.29, 1.82) is 0 Å². The molecule has 0 spiro atoms. The molecule has 0 fully saturated rings. The summed E-state index contributed by atoms with van der Waals surface area (Å²) >= 11 is 0. The molecule has 1 aromatic carbocycles. The fraction of sp³-hybridized carbons (Fsp3) is 0.647. The molecular weight excluding hydrogens is 234 g/mol. The van der Waals surface area contributed by atoms with E-state index in [-0.39, 0.29) is 12.0 Å². The van der Waals surface area contributed by atoms with Crippen molar-refractivity contribution in [2.75, 3.05) is 13.2 Å². The molecule has 0 amide bonds.